The third-order valence-corrected chi connectivity index (χ3v) is 3.58. The lowest BCUT2D eigenvalue weighted by Gasteiger charge is -2.25. The molecule has 9 heteroatoms. The number of hydrogen-bond acceptors (Lipinski definition) is 4. The number of amides is 1. The van der Waals surface area contributed by atoms with Crippen molar-refractivity contribution in [2.75, 3.05) is 31.6 Å². The Balaban J connectivity index is 2.16. The maximum Gasteiger partial charge on any atom is 0.417 e. The lowest BCUT2D eigenvalue weighted by Crippen LogP contribution is -2.33. The number of nitrogens with zero attached hydrogens (tertiary/aromatic N) is 2. The zero-order valence-corrected chi connectivity index (χ0v) is 13.1. The number of nitrogens with one attached hydrogen (secondary N) is 1. The molecule has 0 aliphatic carbocycles. The summed E-state index contributed by atoms with van der Waals surface area (Å²) >= 11 is 5.52. The molecule has 1 aliphatic heterocycles. The first-order valence-electron chi connectivity index (χ1n) is 6.93. The van der Waals surface area contributed by atoms with Crippen LogP contribution in [0.15, 0.2) is 30.0 Å². The predicted molar refractivity (Wildman–Crippen MR) is 81.2 cm³/mol. The van der Waals surface area contributed by atoms with E-state index in [4.69, 9.17) is 21.6 Å². The summed E-state index contributed by atoms with van der Waals surface area (Å²) in [5.74, 6) is -0.792. The summed E-state index contributed by atoms with van der Waals surface area (Å²) in [5.41, 5.74) is -1.36. The first kappa shape index (κ1) is 18.1. The number of hydrogen-bond donors (Lipinski definition) is 1. The quantitative estimate of drug-likeness (QED) is 0.665. The van der Waals surface area contributed by atoms with Gasteiger partial charge in [-0.3, -0.25) is 4.79 Å². The third kappa shape index (κ3) is 4.63. The van der Waals surface area contributed by atoms with E-state index >= 15 is 0 Å². The van der Waals surface area contributed by atoms with Gasteiger partial charge in [-0.05, 0) is 18.2 Å². The molecule has 1 N–H and O–H groups in total. The van der Waals surface area contributed by atoms with E-state index in [2.05, 4.69) is 5.32 Å². The number of ether oxygens (including phenoxy) is 1. The molecule has 0 radical (unpaired) electrons. The molecular weight excluding hydrogens is 347 g/mol. The maximum atomic E-state index is 12.8. The molecule has 0 unspecified atom stereocenters. The first-order chi connectivity index (χ1) is 11.3. The highest BCUT2D eigenvalue weighted by Crippen LogP contribution is 2.36. The van der Waals surface area contributed by atoms with Gasteiger partial charge in [0.15, 0.2) is 0 Å². The maximum absolute atomic E-state index is 12.8. The van der Waals surface area contributed by atoms with E-state index in [1.165, 1.54) is 12.3 Å². The third-order valence-electron chi connectivity index (χ3n) is 3.25. The van der Waals surface area contributed by atoms with E-state index in [9.17, 15) is 18.0 Å². The Bertz CT molecular complexity index is 692. The van der Waals surface area contributed by atoms with Gasteiger partial charge in [-0.2, -0.15) is 18.4 Å². The molecule has 5 nitrogen and oxygen atoms in total. The fourth-order valence-electron chi connectivity index (χ4n) is 2.05. The summed E-state index contributed by atoms with van der Waals surface area (Å²) in [6.45, 7) is 2.00. The van der Waals surface area contributed by atoms with E-state index in [1.54, 1.807) is 11.0 Å². The molecule has 1 heterocycles. The van der Waals surface area contributed by atoms with E-state index in [-0.39, 0.29) is 11.3 Å². The minimum absolute atomic E-state index is 0.0974. The van der Waals surface area contributed by atoms with Gasteiger partial charge in [-0.1, -0.05) is 11.6 Å². The highest BCUT2D eigenvalue weighted by molar-refractivity contribution is 6.31. The smallest absolute Gasteiger partial charge is 0.378 e. The first-order valence-corrected chi connectivity index (χ1v) is 7.31. The minimum atomic E-state index is -4.64. The van der Waals surface area contributed by atoms with Gasteiger partial charge in [0.1, 0.15) is 11.6 Å². The summed E-state index contributed by atoms with van der Waals surface area (Å²) in [7, 11) is 0. The second-order valence-electron chi connectivity index (χ2n) is 4.95. The number of benzene rings is 1. The van der Waals surface area contributed by atoms with Gasteiger partial charge in [-0.25, -0.2) is 0 Å². The van der Waals surface area contributed by atoms with Crippen LogP contribution in [0.25, 0.3) is 0 Å². The topological polar surface area (TPSA) is 65.4 Å². The molecule has 1 aromatic carbocycles. The molecule has 24 heavy (non-hydrogen) atoms. The Morgan fingerprint density at radius 1 is 1.38 bits per heavy atom. The zero-order valence-electron chi connectivity index (χ0n) is 12.4. The zero-order chi connectivity index (χ0) is 17.7. The second-order valence-corrected chi connectivity index (χ2v) is 5.36. The van der Waals surface area contributed by atoms with Gasteiger partial charge in [0.05, 0.1) is 23.8 Å². The summed E-state index contributed by atoms with van der Waals surface area (Å²) in [6, 6.07) is 4.74. The van der Waals surface area contributed by atoms with E-state index in [1.807, 2.05) is 0 Å². The van der Waals surface area contributed by atoms with Gasteiger partial charge in [0.25, 0.3) is 5.91 Å². The van der Waals surface area contributed by atoms with Crippen LogP contribution in [0.5, 0.6) is 0 Å². The number of nitriles is 1. The van der Waals surface area contributed by atoms with Gasteiger partial charge in [0.2, 0.25) is 0 Å². The molecule has 1 saturated heterocycles. The molecule has 1 fully saturated rings. The average Bonchev–Trinajstić information content (AvgIpc) is 2.54. The highest BCUT2D eigenvalue weighted by Gasteiger charge is 2.33. The van der Waals surface area contributed by atoms with Crippen molar-refractivity contribution in [2.45, 2.75) is 6.18 Å². The number of anilines is 1. The van der Waals surface area contributed by atoms with Crippen molar-refractivity contribution in [3.63, 3.8) is 0 Å². The standard InChI is InChI=1S/C15H13ClF3N3O2/c16-13-2-1-11(7-12(13)15(17,18)19)21-14(23)10(8-20)9-22-3-5-24-6-4-22/h1-2,7,9H,3-6H2,(H,21,23)/b10-9-. The summed E-state index contributed by atoms with van der Waals surface area (Å²) < 4.78 is 43.6. The van der Waals surface area contributed by atoms with Gasteiger partial charge in [0, 0.05) is 25.0 Å². The molecule has 1 amide bonds. The molecule has 128 valence electrons. The average molecular weight is 360 g/mol. The summed E-state index contributed by atoms with van der Waals surface area (Å²) in [6.07, 6.45) is -3.27. The molecule has 0 saturated carbocycles. The van der Waals surface area contributed by atoms with Crippen LogP contribution in [-0.4, -0.2) is 37.1 Å². The number of alkyl halides is 3. The molecule has 0 spiro atoms. The Hall–Kier alpha value is -2.24. The number of halogens is 4. The fraction of sp³-hybridized carbons (Fsp3) is 0.333. The molecule has 0 bridgehead atoms. The molecule has 1 aliphatic rings. The van der Waals surface area contributed by atoms with Crippen molar-refractivity contribution in [3.05, 3.63) is 40.6 Å². The van der Waals surface area contributed by atoms with Gasteiger partial charge >= 0.3 is 6.18 Å². The van der Waals surface area contributed by atoms with Gasteiger partial charge in [-0.15, -0.1) is 0 Å². The van der Waals surface area contributed by atoms with E-state index in [0.29, 0.717) is 26.3 Å². The summed E-state index contributed by atoms with van der Waals surface area (Å²) in [4.78, 5) is 13.8. The second kappa shape index (κ2) is 7.55. The largest absolute Gasteiger partial charge is 0.417 e. The van der Waals surface area contributed by atoms with Crippen molar-refractivity contribution in [3.8, 4) is 6.07 Å². The Labute approximate surface area is 141 Å². The highest BCUT2D eigenvalue weighted by atomic mass is 35.5. The number of rotatable bonds is 3. The molecular formula is C15H13ClF3N3O2. The Kier molecular flexibility index (Phi) is 5.70. The monoisotopic (exact) mass is 359 g/mol. The van der Waals surface area contributed by atoms with Crippen LogP contribution in [0, 0.1) is 11.3 Å². The number of morpholine rings is 1. The SMILES string of the molecule is N#C/C(=C/N1CCOCC1)C(=O)Nc1ccc(Cl)c(C(F)(F)F)c1. The van der Waals surface area contributed by atoms with Crippen molar-refractivity contribution in [1.82, 2.24) is 4.90 Å². The van der Waals surface area contributed by atoms with Crippen LogP contribution in [0.4, 0.5) is 18.9 Å². The minimum Gasteiger partial charge on any atom is -0.378 e. The summed E-state index contributed by atoms with van der Waals surface area (Å²) in [5, 5.41) is 10.9. The molecule has 0 atom stereocenters. The fourth-order valence-corrected chi connectivity index (χ4v) is 2.27. The van der Waals surface area contributed by atoms with Crippen LogP contribution >= 0.6 is 11.6 Å². The van der Waals surface area contributed by atoms with Crippen molar-refractivity contribution in [2.24, 2.45) is 0 Å². The molecule has 0 aromatic heterocycles. The van der Waals surface area contributed by atoms with Crippen LogP contribution < -0.4 is 5.32 Å². The molecule has 2 rings (SSSR count). The Morgan fingerprint density at radius 2 is 2.04 bits per heavy atom. The number of carbonyl (C=O) groups excluding carboxylic acids is 1. The van der Waals surface area contributed by atoms with Crippen LogP contribution in [0.1, 0.15) is 5.56 Å². The normalized spacial score (nSPS) is 15.8. The van der Waals surface area contributed by atoms with E-state index in [0.717, 1.165) is 12.1 Å². The lowest BCUT2D eigenvalue weighted by atomic mass is 10.2. The lowest BCUT2D eigenvalue weighted by molar-refractivity contribution is -0.137. The van der Waals surface area contributed by atoms with Crippen LogP contribution in [0.2, 0.25) is 5.02 Å². The van der Waals surface area contributed by atoms with Crippen molar-refractivity contribution < 1.29 is 22.7 Å². The predicted octanol–water partition coefficient (Wildman–Crippen LogP) is 3.04. The van der Waals surface area contributed by atoms with Crippen molar-refractivity contribution in [1.29, 1.82) is 5.26 Å². The molecule has 1 aromatic rings. The van der Waals surface area contributed by atoms with Crippen LogP contribution in [-0.2, 0) is 15.7 Å². The van der Waals surface area contributed by atoms with Crippen molar-refractivity contribution >= 4 is 23.2 Å². The van der Waals surface area contributed by atoms with E-state index < -0.39 is 22.7 Å². The van der Waals surface area contributed by atoms with Crippen LogP contribution in [0.3, 0.4) is 0 Å². The number of carbonyl (C=O) groups is 1. The Morgan fingerprint density at radius 3 is 2.62 bits per heavy atom. The van der Waals surface area contributed by atoms with Gasteiger partial charge < -0.3 is 15.0 Å².